The van der Waals surface area contributed by atoms with E-state index in [1.807, 2.05) is 31.2 Å². The molecule has 2 aromatic heterocycles. The van der Waals surface area contributed by atoms with Crippen molar-refractivity contribution in [2.45, 2.75) is 12.1 Å². The first-order chi connectivity index (χ1) is 14.0. The second kappa shape index (κ2) is 8.10. The highest BCUT2D eigenvalue weighted by Gasteiger charge is 2.13. The van der Waals surface area contributed by atoms with Crippen molar-refractivity contribution in [2.75, 3.05) is 11.1 Å². The number of aromatic nitrogens is 4. The quantitative estimate of drug-likeness (QED) is 0.374. The van der Waals surface area contributed by atoms with Gasteiger partial charge in [0.2, 0.25) is 5.91 Å². The lowest BCUT2D eigenvalue weighted by Crippen LogP contribution is -2.15. The van der Waals surface area contributed by atoms with Gasteiger partial charge in [-0.25, -0.2) is 9.67 Å². The zero-order chi connectivity index (χ0) is 20.4. The minimum atomic E-state index is -0.297. The molecule has 0 aliphatic heterocycles. The summed E-state index contributed by atoms with van der Waals surface area (Å²) in [6.07, 6.45) is 1.49. The molecule has 0 aliphatic rings. The zero-order valence-corrected chi connectivity index (χ0v) is 16.9. The van der Waals surface area contributed by atoms with Crippen LogP contribution in [0.1, 0.15) is 5.56 Å². The minimum Gasteiger partial charge on any atom is -0.325 e. The molecule has 0 saturated carbocycles. The van der Waals surface area contributed by atoms with E-state index in [1.165, 1.54) is 6.20 Å². The van der Waals surface area contributed by atoms with E-state index in [0.29, 0.717) is 26.9 Å². The van der Waals surface area contributed by atoms with Crippen molar-refractivity contribution < 1.29 is 4.79 Å². The number of benzene rings is 2. The Kier molecular flexibility index (Phi) is 5.37. The Morgan fingerprint density at radius 2 is 2.03 bits per heavy atom. The lowest BCUT2D eigenvalue weighted by atomic mass is 10.2. The fourth-order valence-electron chi connectivity index (χ4n) is 2.78. The number of aromatic amines is 1. The Morgan fingerprint density at radius 3 is 2.79 bits per heavy atom. The maximum absolute atomic E-state index is 12.4. The molecule has 0 spiro atoms. The van der Waals surface area contributed by atoms with Crippen LogP contribution in [0.25, 0.3) is 16.7 Å². The molecular formula is C20H16ClN5O2S. The number of amides is 1. The molecule has 0 fully saturated rings. The molecule has 0 saturated heterocycles. The third-order valence-corrected chi connectivity index (χ3v) is 5.26. The summed E-state index contributed by atoms with van der Waals surface area (Å²) in [6, 6.07) is 14.6. The average molecular weight is 426 g/mol. The topological polar surface area (TPSA) is 92.7 Å². The Labute approximate surface area is 175 Å². The molecular weight excluding hydrogens is 410 g/mol. The normalized spacial score (nSPS) is 11.0. The number of rotatable bonds is 5. The Balaban J connectivity index is 1.55. The van der Waals surface area contributed by atoms with Gasteiger partial charge in [-0.15, -0.1) is 0 Å². The van der Waals surface area contributed by atoms with Crippen LogP contribution in [-0.2, 0) is 4.79 Å². The molecule has 7 nitrogen and oxygen atoms in total. The van der Waals surface area contributed by atoms with Gasteiger partial charge in [0.15, 0.2) is 10.8 Å². The van der Waals surface area contributed by atoms with E-state index in [2.05, 4.69) is 20.4 Å². The van der Waals surface area contributed by atoms with Crippen molar-refractivity contribution in [3.63, 3.8) is 0 Å². The third-order valence-electron chi connectivity index (χ3n) is 4.13. The lowest BCUT2D eigenvalue weighted by Gasteiger charge is -2.06. The molecule has 2 N–H and O–H groups in total. The molecule has 4 aromatic rings. The maximum Gasteiger partial charge on any atom is 0.262 e. The highest BCUT2D eigenvalue weighted by atomic mass is 35.5. The first kappa shape index (κ1) is 19.2. The predicted octanol–water partition coefficient (Wildman–Crippen LogP) is 3.80. The molecule has 29 heavy (non-hydrogen) atoms. The van der Waals surface area contributed by atoms with Gasteiger partial charge in [-0.3, -0.25) is 9.59 Å². The number of hydrogen-bond donors (Lipinski definition) is 2. The monoisotopic (exact) mass is 425 g/mol. The predicted molar refractivity (Wildman–Crippen MR) is 115 cm³/mol. The first-order valence-electron chi connectivity index (χ1n) is 8.73. The highest BCUT2D eigenvalue weighted by Crippen LogP contribution is 2.19. The van der Waals surface area contributed by atoms with Gasteiger partial charge in [-0.05, 0) is 48.9 Å². The summed E-state index contributed by atoms with van der Waals surface area (Å²) in [5, 5.41) is 8.41. The maximum atomic E-state index is 12.4. The average Bonchev–Trinajstić information content (AvgIpc) is 3.13. The molecule has 9 heteroatoms. The Morgan fingerprint density at radius 1 is 1.24 bits per heavy atom. The number of aryl methyl sites for hydroxylation is 1. The molecule has 2 aromatic carbocycles. The summed E-state index contributed by atoms with van der Waals surface area (Å²) in [4.78, 5) is 31.8. The van der Waals surface area contributed by atoms with Gasteiger partial charge in [0.25, 0.3) is 5.56 Å². The van der Waals surface area contributed by atoms with E-state index in [4.69, 9.17) is 11.6 Å². The number of carbonyl (C=O) groups excluding carboxylic acids is 1. The number of carbonyl (C=O) groups is 1. The molecule has 0 bridgehead atoms. The van der Waals surface area contributed by atoms with E-state index >= 15 is 0 Å². The molecule has 0 unspecified atom stereocenters. The molecule has 146 valence electrons. The fraction of sp³-hybridized carbons (Fsp3) is 0.100. The van der Waals surface area contributed by atoms with Crippen molar-refractivity contribution >= 4 is 46.0 Å². The largest absolute Gasteiger partial charge is 0.325 e. The molecule has 4 rings (SSSR count). The van der Waals surface area contributed by atoms with E-state index in [9.17, 15) is 9.59 Å². The van der Waals surface area contributed by atoms with Gasteiger partial charge in [-0.1, -0.05) is 35.5 Å². The molecule has 1 amide bonds. The standard InChI is InChI=1S/C20H16ClN5O2S/c1-12-3-2-4-15(9-12)26-18-16(10-22-26)19(28)25-20(24-18)29-11-17(27)23-14-7-5-13(21)6-8-14/h2-10H,11H2,1H3,(H,23,27)(H,24,25,28). The van der Waals surface area contributed by atoms with Crippen LogP contribution in [0.2, 0.25) is 5.02 Å². The van der Waals surface area contributed by atoms with Crippen LogP contribution in [-0.4, -0.2) is 31.4 Å². The van der Waals surface area contributed by atoms with Crippen molar-refractivity contribution in [1.29, 1.82) is 0 Å². The smallest absolute Gasteiger partial charge is 0.262 e. The number of hydrogen-bond acceptors (Lipinski definition) is 5. The number of halogens is 1. The van der Waals surface area contributed by atoms with Crippen LogP contribution in [0.15, 0.2) is 64.7 Å². The van der Waals surface area contributed by atoms with Gasteiger partial charge in [0.05, 0.1) is 17.6 Å². The van der Waals surface area contributed by atoms with Gasteiger partial charge in [-0.2, -0.15) is 5.10 Å². The second-order valence-electron chi connectivity index (χ2n) is 6.35. The van der Waals surface area contributed by atoms with Crippen molar-refractivity contribution in [1.82, 2.24) is 19.7 Å². The van der Waals surface area contributed by atoms with Gasteiger partial charge in [0.1, 0.15) is 5.39 Å². The summed E-state index contributed by atoms with van der Waals surface area (Å²) in [5.41, 5.74) is 2.68. The molecule has 0 radical (unpaired) electrons. The Hall–Kier alpha value is -3.10. The SMILES string of the molecule is Cc1cccc(-n2ncc3c(=O)[nH]c(SCC(=O)Nc4ccc(Cl)cc4)nc32)c1. The van der Waals surface area contributed by atoms with Crippen molar-refractivity contribution in [3.05, 3.63) is 75.7 Å². The fourth-order valence-corrected chi connectivity index (χ4v) is 3.56. The second-order valence-corrected chi connectivity index (χ2v) is 7.75. The van der Waals surface area contributed by atoms with Crippen LogP contribution in [0.3, 0.4) is 0 Å². The van der Waals surface area contributed by atoms with E-state index in [0.717, 1.165) is 23.0 Å². The summed E-state index contributed by atoms with van der Waals surface area (Å²) < 4.78 is 1.62. The third kappa shape index (κ3) is 4.33. The van der Waals surface area contributed by atoms with Crippen LogP contribution in [0.5, 0.6) is 0 Å². The number of nitrogens with zero attached hydrogens (tertiary/aromatic N) is 3. The van der Waals surface area contributed by atoms with Gasteiger partial charge in [0, 0.05) is 10.7 Å². The van der Waals surface area contributed by atoms with Crippen molar-refractivity contribution in [3.8, 4) is 5.69 Å². The molecule has 2 heterocycles. The number of anilines is 1. The highest BCUT2D eigenvalue weighted by molar-refractivity contribution is 7.99. The number of nitrogens with one attached hydrogen (secondary N) is 2. The van der Waals surface area contributed by atoms with Gasteiger partial charge < -0.3 is 10.3 Å². The van der Waals surface area contributed by atoms with Gasteiger partial charge >= 0.3 is 0 Å². The van der Waals surface area contributed by atoms with Crippen LogP contribution < -0.4 is 10.9 Å². The van der Waals surface area contributed by atoms with Crippen molar-refractivity contribution in [2.24, 2.45) is 0 Å². The first-order valence-corrected chi connectivity index (χ1v) is 10.1. The van der Waals surface area contributed by atoms with E-state index < -0.39 is 0 Å². The lowest BCUT2D eigenvalue weighted by molar-refractivity contribution is -0.113. The summed E-state index contributed by atoms with van der Waals surface area (Å²) in [5.74, 6) is -0.123. The van der Waals surface area contributed by atoms with E-state index in [1.54, 1.807) is 28.9 Å². The number of fused-ring (bicyclic) bond motifs is 1. The molecule has 0 atom stereocenters. The minimum absolute atomic E-state index is 0.0929. The van der Waals surface area contributed by atoms with Crippen LogP contribution in [0.4, 0.5) is 5.69 Å². The van der Waals surface area contributed by atoms with Crippen LogP contribution in [0, 0.1) is 6.92 Å². The zero-order valence-electron chi connectivity index (χ0n) is 15.3. The Bertz CT molecular complexity index is 1250. The number of H-pyrrole nitrogens is 1. The summed E-state index contributed by atoms with van der Waals surface area (Å²) in [6.45, 7) is 1.98. The molecule has 0 aliphatic carbocycles. The number of thioether (sulfide) groups is 1. The van der Waals surface area contributed by atoms with E-state index in [-0.39, 0.29) is 17.2 Å². The summed E-state index contributed by atoms with van der Waals surface area (Å²) in [7, 11) is 0. The van der Waals surface area contributed by atoms with Crippen LogP contribution >= 0.6 is 23.4 Å². The summed E-state index contributed by atoms with van der Waals surface area (Å²) >= 11 is 6.99.